The first kappa shape index (κ1) is 11.9. The number of nitrogens with two attached hydrogens (primary N) is 1. The van der Waals surface area contributed by atoms with Crippen LogP contribution in [0, 0.1) is 5.41 Å². The van der Waals surface area contributed by atoms with Crippen molar-refractivity contribution in [3.05, 3.63) is 24.0 Å². The maximum atomic E-state index is 7.39. The number of amidine groups is 1. The number of piperidine rings is 1. The summed E-state index contributed by atoms with van der Waals surface area (Å²) < 4.78 is 5.40. The minimum atomic E-state index is 0.00662. The van der Waals surface area contributed by atoms with E-state index in [0.29, 0.717) is 5.69 Å². The van der Waals surface area contributed by atoms with Gasteiger partial charge in [0.25, 0.3) is 0 Å². The van der Waals surface area contributed by atoms with Gasteiger partial charge < -0.3 is 15.4 Å². The standard InChI is InChI=1S/C12H18N4O/c1-17-10-3-2-6-16(8-10)9-4-5-15-11(7-9)12(13)14/h4-5,7,10H,2-3,6,8H2,1H3,(H3,13,14). The van der Waals surface area contributed by atoms with Crippen LogP contribution < -0.4 is 10.6 Å². The number of nitrogens with zero attached hydrogens (tertiary/aromatic N) is 2. The topological polar surface area (TPSA) is 75.2 Å². The fourth-order valence-electron chi connectivity index (χ4n) is 2.13. The molecule has 17 heavy (non-hydrogen) atoms. The lowest BCUT2D eigenvalue weighted by Crippen LogP contribution is -2.39. The highest BCUT2D eigenvalue weighted by Crippen LogP contribution is 2.21. The van der Waals surface area contributed by atoms with Gasteiger partial charge in [0, 0.05) is 32.1 Å². The highest BCUT2D eigenvalue weighted by molar-refractivity contribution is 5.93. The molecule has 0 aliphatic carbocycles. The molecule has 5 heteroatoms. The molecule has 2 heterocycles. The zero-order valence-corrected chi connectivity index (χ0v) is 10.0. The van der Waals surface area contributed by atoms with Crippen LogP contribution in [0.25, 0.3) is 0 Å². The van der Waals surface area contributed by atoms with Crippen LogP contribution in [0.2, 0.25) is 0 Å². The molecule has 1 aromatic heterocycles. The van der Waals surface area contributed by atoms with Gasteiger partial charge in [-0.15, -0.1) is 0 Å². The molecule has 0 amide bonds. The highest BCUT2D eigenvalue weighted by atomic mass is 16.5. The number of nitrogen functional groups attached to an aromatic ring is 1. The minimum Gasteiger partial charge on any atom is -0.382 e. The molecule has 0 radical (unpaired) electrons. The molecule has 1 aliphatic rings. The van der Waals surface area contributed by atoms with Gasteiger partial charge >= 0.3 is 0 Å². The fourth-order valence-corrected chi connectivity index (χ4v) is 2.13. The maximum Gasteiger partial charge on any atom is 0.141 e. The average Bonchev–Trinajstić information content (AvgIpc) is 2.39. The summed E-state index contributed by atoms with van der Waals surface area (Å²) in [6, 6.07) is 3.81. The summed E-state index contributed by atoms with van der Waals surface area (Å²) in [7, 11) is 1.75. The van der Waals surface area contributed by atoms with Crippen molar-refractivity contribution in [2.45, 2.75) is 18.9 Å². The number of hydrogen-bond acceptors (Lipinski definition) is 4. The van der Waals surface area contributed by atoms with E-state index in [-0.39, 0.29) is 11.9 Å². The van der Waals surface area contributed by atoms with Crippen molar-refractivity contribution >= 4 is 11.5 Å². The Morgan fingerprint density at radius 1 is 1.65 bits per heavy atom. The normalized spacial score (nSPS) is 20.3. The van der Waals surface area contributed by atoms with E-state index in [1.807, 2.05) is 12.1 Å². The predicted molar refractivity (Wildman–Crippen MR) is 67.5 cm³/mol. The molecule has 92 valence electrons. The van der Waals surface area contributed by atoms with Crippen LogP contribution in [0.3, 0.4) is 0 Å². The number of aromatic nitrogens is 1. The van der Waals surface area contributed by atoms with Crippen LogP contribution >= 0.6 is 0 Å². The van der Waals surface area contributed by atoms with Crippen molar-refractivity contribution in [2.24, 2.45) is 5.73 Å². The van der Waals surface area contributed by atoms with Gasteiger partial charge in [-0.25, -0.2) is 0 Å². The smallest absolute Gasteiger partial charge is 0.141 e. The number of ether oxygens (including phenoxy) is 1. The van der Waals surface area contributed by atoms with Gasteiger partial charge in [-0.3, -0.25) is 10.4 Å². The van der Waals surface area contributed by atoms with Gasteiger partial charge in [0.15, 0.2) is 0 Å². The molecule has 1 unspecified atom stereocenters. The van der Waals surface area contributed by atoms with E-state index < -0.39 is 0 Å². The molecule has 0 saturated carbocycles. The van der Waals surface area contributed by atoms with Crippen molar-refractivity contribution in [3.8, 4) is 0 Å². The number of hydrogen-bond donors (Lipinski definition) is 2. The third-order valence-corrected chi connectivity index (χ3v) is 3.10. The Morgan fingerprint density at radius 2 is 2.47 bits per heavy atom. The summed E-state index contributed by atoms with van der Waals surface area (Å²) in [5, 5.41) is 7.39. The average molecular weight is 234 g/mol. The van der Waals surface area contributed by atoms with Gasteiger partial charge in [0.05, 0.1) is 6.10 Å². The quantitative estimate of drug-likeness (QED) is 0.604. The monoisotopic (exact) mass is 234 g/mol. The van der Waals surface area contributed by atoms with Crippen molar-refractivity contribution in [2.75, 3.05) is 25.1 Å². The number of pyridine rings is 1. The lowest BCUT2D eigenvalue weighted by molar-refractivity contribution is 0.0893. The zero-order valence-electron chi connectivity index (χ0n) is 10.0. The summed E-state index contributed by atoms with van der Waals surface area (Å²) >= 11 is 0. The SMILES string of the molecule is COC1CCCN(c2ccnc(C(=N)N)c2)C1. The van der Waals surface area contributed by atoms with E-state index in [1.54, 1.807) is 13.3 Å². The van der Waals surface area contributed by atoms with Crippen LogP contribution in [-0.4, -0.2) is 37.1 Å². The molecule has 2 rings (SSSR count). The predicted octanol–water partition coefficient (Wildman–Crippen LogP) is 0.981. The largest absolute Gasteiger partial charge is 0.382 e. The molecule has 5 nitrogen and oxygen atoms in total. The van der Waals surface area contributed by atoms with E-state index in [2.05, 4.69) is 9.88 Å². The summed E-state index contributed by atoms with van der Waals surface area (Å²) in [6.07, 6.45) is 4.22. The molecular formula is C12H18N4O. The number of anilines is 1. The van der Waals surface area contributed by atoms with Gasteiger partial charge in [-0.05, 0) is 25.0 Å². The summed E-state index contributed by atoms with van der Waals surface area (Å²) in [5.74, 6) is 0.00662. The Kier molecular flexibility index (Phi) is 3.58. The Hall–Kier alpha value is -1.62. The second-order valence-corrected chi connectivity index (χ2v) is 4.26. The molecule has 0 aromatic carbocycles. The van der Waals surface area contributed by atoms with Crippen LogP contribution in [0.1, 0.15) is 18.5 Å². The number of rotatable bonds is 3. The van der Waals surface area contributed by atoms with Crippen LogP contribution in [0.15, 0.2) is 18.3 Å². The Balaban J connectivity index is 2.16. The molecule has 1 aromatic rings. The van der Waals surface area contributed by atoms with Crippen LogP contribution in [-0.2, 0) is 4.74 Å². The van der Waals surface area contributed by atoms with E-state index >= 15 is 0 Å². The van der Waals surface area contributed by atoms with Crippen molar-refractivity contribution in [1.29, 1.82) is 5.41 Å². The Bertz CT molecular complexity index is 407. The first-order valence-electron chi connectivity index (χ1n) is 5.79. The van der Waals surface area contributed by atoms with Gasteiger partial charge in [-0.2, -0.15) is 0 Å². The number of nitrogens with one attached hydrogen (secondary N) is 1. The van der Waals surface area contributed by atoms with Gasteiger partial charge in [0.2, 0.25) is 0 Å². The zero-order chi connectivity index (χ0) is 12.3. The van der Waals surface area contributed by atoms with Crippen molar-refractivity contribution < 1.29 is 4.74 Å². The molecular weight excluding hydrogens is 216 g/mol. The van der Waals surface area contributed by atoms with Crippen LogP contribution in [0.4, 0.5) is 5.69 Å². The lowest BCUT2D eigenvalue weighted by Gasteiger charge is -2.33. The number of methoxy groups -OCH3 is 1. The Labute approximate surface area is 101 Å². The fraction of sp³-hybridized carbons (Fsp3) is 0.500. The van der Waals surface area contributed by atoms with Gasteiger partial charge in [0.1, 0.15) is 11.5 Å². The first-order chi connectivity index (χ1) is 8.20. The van der Waals surface area contributed by atoms with Crippen molar-refractivity contribution in [1.82, 2.24) is 4.98 Å². The molecule has 0 spiro atoms. The third kappa shape index (κ3) is 2.74. The highest BCUT2D eigenvalue weighted by Gasteiger charge is 2.19. The van der Waals surface area contributed by atoms with E-state index in [9.17, 15) is 0 Å². The van der Waals surface area contributed by atoms with E-state index in [0.717, 1.165) is 31.6 Å². The Morgan fingerprint density at radius 3 is 3.18 bits per heavy atom. The van der Waals surface area contributed by atoms with E-state index in [1.165, 1.54) is 0 Å². The molecule has 1 atom stereocenters. The second kappa shape index (κ2) is 5.14. The minimum absolute atomic E-state index is 0.00662. The molecule has 1 saturated heterocycles. The first-order valence-corrected chi connectivity index (χ1v) is 5.79. The van der Waals surface area contributed by atoms with Gasteiger partial charge in [-0.1, -0.05) is 0 Å². The maximum absolute atomic E-state index is 7.39. The second-order valence-electron chi connectivity index (χ2n) is 4.26. The van der Waals surface area contributed by atoms with E-state index in [4.69, 9.17) is 15.9 Å². The van der Waals surface area contributed by atoms with Crippen LogP contribution in [0.5, 0.6) is 0 Å². The lowest BCUT2D eigenvalue weighted by atomic mass is 10.1. The van der Waals surface area contributed by atoms with Crippen molar-refractivity contribution in [3.63, 3.8) is 0 Å². The summed E-state index contributed by atoms with van der Waals surface area (Å²) in [6.45, 7) is 1.90. The molecule has 3 N–H and O–H groups in total. The molecule has 1 fully saturated rings. The third-order valence-electron chi connectivity index (χ3n) is 3.10. The summed E-state index contributed by atoms with van der Waals surface area (Å²) in [5.41, 5.74) is 7.03. The molecule has 1 aliphatic heterocycles. The summed E-state index contributed by atoms with van der Waals surface area (Å²) in [4.78, 5) is 6.32. The molecule has 0 bridgehead atoms.